The molecule has 1 saturated carbocycles. The highest BCUT2D eigenvalue weighted by Crippen LogP contribution is 2.42. The van der Waals surface area contributed by atoms with Crippen LogP contribution in [-0.4, -0.2) is 30.1 Å². The molecule has 0 bridgehead atoms. The molecule has 0 aliphatic heterocycles. The number of rotatable bonds is 4. The quantitative estimate of drug-likeness (QED) is 0.766. The molecule has 106 valence electrons. The number of aromatic nitrogens is 6. The summed E-state index contributed by atoms with van der Waals surface area (Å²) >= 11 is 0. The SMILES string of the molecule is Nc1nnn(Cc2nc(-c3ccccn3)no2)c1C1CC1. The smallest absolute Gasteiger partial charge is 0.248 e. The van der Waals surface area contributed by atoms with Crippen LogP contribution in [0.2, 0.25) is 0 Å². The zero-order valence-electron chi connectivity index (χ0n) is 11.2. The number of nitrogens with zero attached hydrogens (tertiary/aromatic N) is 6. The number of pyridine rings is 1. The van der Waals surface area contributed by atoms with E-state index in [2.05, 4.69) is 25.4 Å². The van der Waals surface area contributed by atoms with Crippen molar-refractivity contribution in [2.45, 2.75) is 25.3 Å². The molecular formula is C13H13N7O. The minimum Gasteiger partial charge on any atom is -0.381 e. The molecule has 1 fully saturated rings. The van der Waals surface area contributed by atoms with Gasteiger partial charge in [0.1, 0.15) is 12.2 Å². The molecule has 1 aliphatic rings. The van der Waals surface area contributed by atoms with Crippen LogP contribution in [0.1, 0.15) is 30.3 Å². The second-order valence-corrected chi connectivity index (χ2v) is 5.02. The fraction of sp³-hybridized carbons (Fsp3) is 0.308. The van der Waals surface area contributed by atoms with E-state index in [0.717, 1.165) is 18.5 Å². The Balaban J connectivity index is 1.60. The van der Waals surface area contributed by atoms with Crippen LogP contribution in [0.15, 0.2) is 28.9 Å². The van der Waals surface area contributed by atoms with Crippen LogP contribution in [-0.2, 0) is 6.54 Å². The van der Waals surface area contributed by atoms with E-state index in [0.29, 0.717) is 35.7 Å². The van der Waals surface area contributed by atoms with Gasteiger partial charge in [-0.25, -0.2) is 4.68 Å². The van der Waals surface area contributed by atoms with E-state index in [4.69, 9.17) is 10.3 Å². The number of nitrogen functional groups attached to an aromatic ring is 1. The lowest BCUT2D eigenvalue weighted by molar-refractivity contribution is 0.362. The van der Waals surface area contributed by atoms with Gasteiger partial charge in [0.25, 0.3) is 0 Å². The highest BCUT2D eigenvalue weighted by atomic mass is 16.5. The zero-order chi connectivity index (χ0) is 14.2. The van der Waals surface area contributed by atoms with Gasteiger partial charge in [-0.05, 0) is 25.0 Å². The molecule has 0 atom stereocenters. The van der Waals surface area contributed by atoms with Crippen molar-refractivity contribution in [3.8, 4) is 11.5 Å². The van der Waals surface area contributed by atoms with Crippen LogP contribution in [0, 0.1) is 0 Å². The summed E-state index contributed by atoms with van der Waals surface area (Å²) in [5.74, 6) is 1.87. The van der Waals surface area contributed by atoms with Crippen molar-refractivity contribution in [1.29, 1.82) is 0 Å². The van der Waals surface area contributed by atoms with E-state index >= 15 is 0 Å². The van der Waals surface area contributed by atoms with E-state index in [-0.39, 0.29) is 0 Å². The minimum absolute atomic E-state index is 0.371. The third kappa shape index (κ3) is 2.24. The van der Waals surface area contributed by atoms with Crippen molar-refractivity contribution < 1.29 is 4.52 Å². The molecule has 0 radical (unpaired) electrons. The maximum absolute atomic E-state index is 5.86. The highest BCUT2D eigenvalue weighted by Gasteiger charge is 2.31. The molecule has 8 heteroatoms. The van der Waals surface area contributed by atoms with Crippen LogP contribution < -0.4 is 5.73 Å². The van der Waals surface area contributed by atoms with Crippen molar-refractivity contribution in [3.63, 3.8) is 0 Å². The van der Waals surface area contributed by atoms with E-state index in [9.17, 15) is 0 Å². The monoisotopic (exact) mass is 283 g/mol. The number of hydrogen-bond donors (Lipinski definition) is 1. The van der Waals surface area contributed by atoms with Gasteiger partial charge in [0, 0.05) is 12.1 Å². The second-order valence-electron chi connectivity index (χ2n) is 5.02. The largest absolute Gasteiger partial charge is 0.381 e. The molecule has 0 saturated heterocycles. The Bertz CT molecular complexity index is 760. The first-order valence-electron chi connectivity index (χ1n) is 6.74. The first-order chi connectivity index (χ1) is 10.3. The average molecular weight is 283 g/mol. The third-order valence-corrected chi connectivity index (χ3v) is 3.41. The van der Waals surface area contributed by atoms with Gasteiger partial charge in [-0.3, -0.25) is 4.98 Å². The maximum atomic E-state index is 5.86. The van der Waals surface area contributed by atoms with Gasteiger partial charge in [0.05, 0.1) is 5.69 Å². The van der Waals surface area contributed by atoms with E-state index in [1.165, 1.54) is 0 Å². The van der Waals surface area contributed by atoms with Crippen molar-refractivity contribution in [3.05, 3.63) is 36.0 Å². The van der Waals surface area contributed by atoms with Crippen molar-refractivity contribution in [2.24, 2.45) is 0 Å². The molecule has 3 aromatic rings. The molecule has 8 nitrogen and oxygen atoms in total. The number of hydrogen-bond acceptors (Lipinski definition) is 7. The van der Waals surface area contributed by atoms with E-state index in [1.807, 2.05) is 18.2 Å². The van der Waals surface area contributed by atoms with Gasteiger partial charge in [0.15, 0.2) is 5.82 Å². The Morgan fingerprint density at radius 1 is 1.33 bits per heavy atom. The molecule has 0 spiro atoms. The van der Waals surface area contributed by atoms with Crippen LogP contribution in [0.5, 0.6) is 0 Å². The van der Waals surface area contributed by atoms with Crippen molar-refractivity contribution >= 4 is 5.82 Å². The molecule has 3 aromatic heterocycles. The number of nitrogens with two attached hydrogens (primary N) is 1. The fourth-order valence-electron chi connectivity index (χ4n) is 2.27. The second kappa shape index (κ2) is 4.65. The van der Waals surface area contributed by atoms with Crippen molar-refractivity contribution in [1.82, 2.24) is 30.1 Å². The molecule has 21 heavy (non-hydrogen) atoms. The normalized spacial score (nSPS) is 14.5. The molecule has 2 N–H and O–H groups in total. The Hall–Kier alpha value is -2.77. The predicted octanol–water partition coefficient (Wildman–Crippen LogP) is 1.23. The number of anilines is 1. The summed E-state index contributed by atoms with van der Waals surface area (Å²) in [5, 5.41) is 11.9. The molecule has 4 rings (SSSR count). The van der Waals surface area contributed by atoms with Crippen LogP contribution in [0.3, 0.4) is 0 Å². The first-order valence-corrected chi connectivity index (χ1v) is 6.74. The lowest BCUT2D eigenvalue weighted by Gasteiger charge is -2.01. The van der Waals surface area contributed by atoms with Gasteiger partial charge in [-0.1, -0.05) is 16.4 Å². The average Bonchev–Trinajstić information content (AvgIpc) is 3.12. The van der Waals surface area contributed by atoms with Gasteiger partial charge in [-0.15, -0.1) is 5.10 Å². The van der Waals surface area contributed by atoms with Crippen LogP contribution >= 0.6 is 0 Å². The fourth-order valence-corrected chi connectivity index (χ4v) is 2.27. The van der Waals surface area contributed by atoms with Crippen molar-refractivity contribution in [2.75, 3.05) is 5.73 Å². The molecule has 1 aliphatic carbocycles. The molecule has 0 unspecified atom stereocenters. The summed E-state index contributed by atoms with van der Waals surface area (Å²) in [7, 11) is 0. The molecule has 0 amide bonds. The van der Waals surface area contributed by atoms with E-state index in [1.54, 1.807) is 10.9 Å². The first kappa shape index (κ1) is 12.0. The van der Waals surface area contributed by atoms with Crippen LogP contribution in [0.25, 0.3) is 11.5 Å². The minimum atomic E-state index is 0.371. The summed E-state index contributed by atoms with van der Waals surface area (Å²) in [5.41, 5.74) is 7.50. The molecule has 3 heterocycles. The van der Waals surface area contributed by atoms with Gasteiger partial charge in [0.2, 0.25) is 11.7 Å². The Kier molecular flexibility index (Phi) is 2.66. The van der Waals surface area contributed by atoms with Crippen LogP contribution in [0.4, 0.5) is 5.82 Å². The lowest BCUT2D eigenvalue weighted by Crippen LogP contribution is -2.07. The zero-order valence-corrected chi connectivity index (χ0v) is 11.2. The third-order valence-electron chi connectivity index (χ3n) is 3.41. The summed E-state index contributed by atoms with van der Waals surface area (Å²) in [6.45, 7) is 0.371. The topological polar surface area (TPSA) is 109 Å². The predicted molar refractivity (Wildman–Crippen MR) is 73.0 cm³/mol. The Morgan fingerprint density at radius 3 is 3.00 bits per heavy atom. The van der Waals surface area contributed by atoms with E-state index < -0.39 is 0 Å². The summed E-state index contributed by atoms with van der Waals surface area (Å²) in [6.07, 6.45) is 3.94. The van der Waals surface area contributed by atoms with Gasteiger partial charge in [-0.2, -0.15) is 4.98 Å². The highest BCUT2D eigenvalue weighted by molar-refractivity contribution is 5.47. The summed E-state index contributed by atoms with van der Waals surface area (Å²) in [6, 6.07) is 5.55. The standard InChI is InChI=1S/C13H13N7O/c14-12-11(8-4-5-8)20(19-17-12)7-10-16-13(18-21-10)9-3-1-2-6-15-9/h1-3,6,8H,4-5,7,14H2. The molecule has 0 aromatic carbocycles. The van der Waals surface area contributed by atoms with Gasteiger partial charge < -0.3 is 10.3 Å². The molecular weight excluding hydrogens is 270 g/mol. The van der Waals surface area contributed by atoms with Gasteiger partial charge >= 0.3 is 0 Å². The Morgan fingerprint density at radius 2 is 2.24 bits per heavy atom. The summed E-state index contributed by atoms with van der Waals surface area (Å²) in [4.78, 5) is 8.53. The Labute approximate surface area is 120 Å². The lowest BCUT2D eigenvalue weighted by atomic mass is 10.3. The summed E-state index contributed by atoms with van der Waals surface area (Å²) < 4.78 is 7.00. The maximum Gasteiger partial charge on any atom is 0.248 e.